The summed E-state index contributed by atoms with van der Waals surface area (Å²) >= 11 is 0. The number of benzene rings is 2. The second kappa shape index (κ2) is 14.7. The summed E-state index contributed by atoms with van der Waals surface area (Å²) in [5.74, 6) is 0. The molecule has 0 heterocycles. The van der Waals surface area contributed by atoms with E-state index in [1.54, 1.807) is 0 Å². The van der Waals surface area contributed by atoms with Crippen LogP contribution >= 0.6 is 0 Å². The molecule has 0 atom stereocenters. The van der Waals surface area contributed by atoms with Crippen LogP contribution < -0.4 is 43.7 Å². The molecule has 0 radical (unpaired) electrons. The molecule has 0 aliphatic carbocycles. The van der Waals surface area contributed by atoms with Crippen molar-refractivity contribution < 1.29 is 43.7 Å². The van der Waals surface area contributed by atoms with Crippen molar-refractivity contribution in [3.05, 3.63) is 78.2 Å². The van der Waals surface area contributed by atoms with Crippen LogP contribution in [-0.2, 0) is 6.42 Å². The molecule has 0 bridgehead atoms. The third-order valence-electron chi connectivity index (χ3n) is 2.46. The van der Waals surface area contributed by atoms with Gasteiger partial charge < -0.3 is 24.8 Å². The van der Waals surface area contributed by atoms with Gasteiger partial charge in [-0.2, -0.15) is 24.1 Å². The van der Waals surface area contributed by atoms with E-state index in [0.29, 0.717) is 0 Å². The Labute approximate surface area is 156 Å². The van der Waals surface area contributed by atoms with Gasteiger partial charge in [-0.3, -0.25) is 0 Å². The van der Waals surface area contributed by atoms with Crippen LogP contribution in [0.1, 0.15) is 17.5 Å². The molecule has 0 saturated carbocycles. The third-order valence-corrected chi connectivity index (χ3v) is 2.46. The summed E-state index contributed by atoms with van der Waals surface area (Å²) in [7, 11) is 0. The maximum atomic E-state index is 2.28. The fraction of sp³-hybridized carbons (Fsp3) is 0.133. The molecular formula is C15H15Cl2LiMg. The van der Waals surface area contributed by atoms with Gasteiger partial charge in [0.25, 0.3) is 0 Å². The second-order valence-corrected chi connectivity index (χ2v) is 3.64. The van der Waals surface area contributed by atoms with E-state index < -0.39 is 0 Å². The zero-order valence-electron chi connectivity index (χ0n) is 11.2. The molecule has 0 aliphatic rings. The van der Waals surface area contributed by atoms with Crippen LogP contribution in [0, 0.1) is 6.42 Å². The quantitative estimate of drug-likeness (QED) is 0.390. The SMILES string of the molecule is [Cl-].[Cl-].[Li+].[Mg+2].c1ccc([CH-]CCc2ccccc2)cc1. The Morgan fingerprint density at radius 1 is 0.737 bits per heavy atom. The summed E-state index contributed by atoms with van der Waals surface area (Å²) in [4.78, 5) is 0. The van der Waals surface area contributed by atoms with Crippen LogP contribution in [0.25, 0.3) is 0 Å². The van der Waals surface area contributed by atoms with Gasteiger partial charge in [-0.05, 0) is 12.0 Å². The first-order valence-electron chi connectivity index (χ1n) is 5.37. The zero-order valence-corrected chi connectivity index (χ0v) is 14.2. The summed E-state index contributed by atoms with van der Waals surface area (Å²) in [5, 5.41) is 0. The minimum absolute atomic E-state index is 0. The molecule has 0 fully saturated rings. The Morgan fingerprint density at radius 3 is 1.74 bits per heavy atom. The van der Waals surface area contributed by atoms with Gasteiger partial charge in [0, 0.05) is 0 Å². The molecule has 0 nitrogen and oxygen atoms in total. The first-order valence-corrected chi connectivity index (χ1v) is 5.37. The molecule has 0 unspecified atom stereocenters. The van der Waals surface area contributed by atoms with Gasteiger partial charge in [-0.25, -0.2) is 0 Å². The largest absolute Gasteiger partial charge is 2.00 e. The van der Waals surface area contributed by atoms with Gasteiger partial charge in [-0.1, -0.05) is 42.8 Å². The van der Waals surface area contributed by atoms with E-state index >= 15 is 0 Å². The Bertz CT molecular complexity index is 356. The van der Waals surface area contributed by atoms with Crippen LogP contribution in [-0.4, -0.2) is 23.1 Å². The molecule has 92 valence electrons. The molecule has 0 N–H and O–H groups in total. The van der Waals surface area contributed by atoms with E-state index in [0.717, 1.165) is 12.8 Å². The monoisotopic (exact) mass is 296 g/mol. The molecule has 0 aliphatic heterocycles. The van der Waals surface area contributed by atoms with Gasteiger partial charge in [0.2, 0.25) is 0 Å². The van der Waals surface area contributed by atoms with Crippen molar-refractivity contribution >= 4 is 23.1 Å². The molecule has 19 heavy (non-hydrogen) atoms. The number of halogens is 2. The topological polar surface area (TPSA) is 0 Å². The maximum absolute atomic E-state index is 2.28. The standard InChI is InChI=1S/C15H15.2ClH.Li.Mg/c1-3-8-14(9-4-1)12-7-13-15-10-5-2-6-11-15;;;;/h1-6,8-12H,7,13H2;2*1H;;/q-1;;;+1;+2/p-2. The van der Waals surface area contributed by atoms with Crippen molar-refractivity contribution in [3.63, 3.8) is 0 Å². The van der Waals surface area contributed by atoms with Crippen molar-refractivity contribution in [1.82, 2.24) is 0 Å². The first kappa shape index (κ1) is 24.3. The van der Waals surface area contributed by atoms with Crippen LogP contribution in [0.15, 0.2) is 60.7 Å². The Hall–Kier alpha value is 0.254. The van der Waals surface area contributed by atoms with E-state index in [1.807, 2.05) is 0 Å². The van der Waals surface area contributed by atoms with Crippen LogP contribution in [0.5, 0.6) is 0 Å². The summed E-state index contributed by atoms with van der Waals surface area (Å²) in [5.41, 5.74) is 2.72. The minimum atomic E-state index is 0. The van der Waals surface area contributed by atoms with E-state index in [2.05, 4.69) is 67.1 Å². The summed E-state index contributed by atoms with van der Waals surface area (Å²) in [6.45, 7) is 0. The summed E-state index contributed by atoms with van der Waals surface area (Å²) in [6.07, 6.45) is 4.51. The molecule has 0 spiro atoms. The number of aryl methyl sites for hydroxylation is 1. The Kier molecular flexibility index (Phi) is 18.7. The number of hydrogen-bond acceptors (Lipinski definition) is 0. The average molecular weight is 297 g/mol. The Morgan fingerprint density at radius 2 is 1.21 bits per heavy atom. The number of hydrogen-bond donors (Lipinski definition) is 0. The second-order valence-electron chi connectivity index (χ2n) is 3.64. The third kappa shape index (κ3) is 9.74. The van der Waals surface area contributed by atoms with Crippen molar-refractivity contribution in [1.29, 1.82) is 0 Å². The van der Waals surface area contributed by atoms with Crippen LogP contribution in [0.2, 0.25) is 0 Å². The van der Waals surface area contributed by atoms with Gasteiger partial charge in [0.15, 0.2) is 0 Å². The van der Waals surface area contributed by atoms with Crippen molar-refractivity contribution in [2.75, 3.05) is 0 Å². The molecule has 2 aromatic carbocycles. The van der Waals surface area contributed by atoms with Gasteiger partial charge in [0.05, 0.1) is 0 Å². The molecule has 4 heteroatoms. The van der Waals surface area contributed by atoms with Crippen LogP contribution in [0.4, 0.5) is 0 Å². The molecule has 2 aromatic rings. The zero-order chi connectivity index (χ0) is 10.3. The molecule has 0 aromatic heterocycles. The minimum Gasteiger partial charge on any atom is -1.00 e. The molecule has 0 amide bonds. The normalized spacial score (nSPS) is 7.79. The van der Waals surface area contributed by atoms with Crippen molar-refractivity contribution in [2.45, 2.75) is 12.8 Å². The van der Waals surface area contributed by atoms with Gasteiger partial charge in [-0.15, -0.1) is 12.1 Å². The van der Waals surface area contributed by atoms with Gasteiger partial charge >= 0.3 is 41.9 Å². The average Bonchev–Trinajstić information content (AvgIpc) is 2.32. The molecule has 2 rings (SSSR count). The Balaban J connectivity index is -0.000000640. The molecular weight excluding hydrogens is 282 g/mol. The first-order chi connectivity index (χ1) is 7.45. The van der Waals surface area contributed by atoms with E-state index in [1.165, 1.54) is 11.1 Å². The summed E-state index contributed by atoms with van der Waals surface area (Å²) < 4.78 is 0. The van der Waals surface area contributed by atoms with Crippen molar-refractivity contribution in [2.24, 2.45) is 0 Å². The predicted octanol–water partition coefficient (Wildman–Crippen LogP) is -5.50. The molecule has 0 saturated heterocycles. The summed E-state index contributed by atoms with van der Waals surface area (Å²) in [6, 6.07) is 21.1. The van der Waals surface area contributed by atoms with Crippen molar-refractivity contribution in [3.8, 4) is 0 Å². The number of rotatable bonds is 4. The fourth-order valence-electron chi connectivity index (χ4n) is 1.64. The fourth-order valence-corrected chi connectivity index (χ4v) is 1.64. The van der Waals surface area contributed by atoms with Gasteiger partial charge in [0.1, 0.15) is 0 Å². The van der Waals surface area contributed by atoms with E-state index in [-0.39, 0.29) is 66.7 Å². The smallest absolute Gasteiger partial charge is 1.00 e. The van der Waals surface area contributed by atoms with E-state index in [9.17, 15) is 0 Å². The predicted molar refractivity (Wildman–Crippen MR) is 70.4 cm³/mol. The van der Waals surface area contributed by atoms with E-state index in [4.69, 9.17) is 0 Å². The maximum Gasteiger partial charge on any atom is 2.00 e. The van der Waals surface area contributed by atoms with Crippen LogP contribution in [0.3, 0.4) is 0 Å².